The summed E-state index contributed by atoms with van der Waals surface area (Å²) >= 11 is -4.94. The summed E-state index contributed by atoms with van der Waals surface area (Å²) in [6, 6.07) is 49.3. The molecule has 0 spiro atoms. The predicted molar refractivity (Wildman–Crippen MR) is 246 cm³/mol. The van der Waals surface area contributed by atoms with Crippen molar-refractivity contribution in [1.82, 2.24) is 0 Å². The van der Waals surface area contributed by atoms with Crippen LogP contribution in [0.15, 0.2) is 145 Å². The number of halogens is 2. The molecule has 56 heavy (non-hydrogen) atoms. The van der Waals surface area contributed by atoms with Gasteiger partial charge in [-0.1, -0.05) is 0 Å². The summed E-state index contributed by atoms with van der Waals surface area (Å²) < 4.78 is 0.0730. The van der Waals surface area contributed by atoms with Crippen LogP contribution < -0.4 is 0 Å². The number of hydrogen-bond acceptors (Lipinski definition) is 0. The molecule has 0 amide bonds. The van der Waals surface area contributed by atoms with Gasteiger partial charge in [0, 0.05) is 0 Å². The Morgan fingerprint density at radius 1 is 0.482 bits per heavy atom. The van der Waals surface area contributed by atoms with Gasteiger partial charge >= 0.3 is 347 Å². The van der Waals surface area contributed by atoms with Crippen LogP contribution in [0.3, 0.4) is 0 Å². The summed E-state index contributed by atoms with van der Waals surface area (Å²) in [5.41, 5.74) is 21.1. The van der Waals surface area contributed by atoms with Gasteiger partial charge < -0.3 is 0 Å². The molecule has 2 atom stereocenters. The predicted octanol–water partition coefficient (Wildman–Crippen LogP) is 15.9. The summed E-state index contributed by atoms with van der Waals surface area (Å²) in [5.74, 6) is -1.71. The number of hydrogen-bond donors (Lipinski definition) is 0. The van der Waals surface area contributed by atoms with Gasteiger partial charge in [-0.2, -0.15) is 0 Å². The van der Waals surface area contributed by atoms with Gasteiger partial charge in [-0.05, 0) is 0 Å². The van der Waals surface area contributed by atoms with E-state index < -0.39 is 21.5 Å². The molecule has 0 radical (unpaired) electrons. The van der Waals surface area contributed by atoms with Crippen molar-refractivity contribution in [2.75, 3.05) is 0 Å². The Hall–Kier alpha value is -3.52. The van der Waals surface area contributed by atoms with Crippen molar-refractivity contribution in [2.45, 2.75) is 73.7 Å². The Morgan fingerprint density at radius 2 is 0.839 bits per heavy atom. The normalized spacial score (nSPS) is 16.9. The monoisotopic (exact) mass is 865 g/mol. The van der Waals surface area contributed by atoms with Gasteiger partial charge in [0.2, 0.25) is 0 Å². The molecule has 0 aromatic heterocycles. The maximum atomic E-state index is 8.80. The van der Waals surface area contributed by atoms with E-state index in [9.17, 15) is 0 Å². The molecule has 6 aromatic carbocycles. The van der Waals surface area contributed by atoms with Crippen LogP contribution in [0.25, 0.3) is 56.7 Å². The van der Waals surface area contributed by atoms with Gasteiger partial charge in [0.1, 0.15) is 0 Å². The van der Waals surface area contributed by atoms with Crippen molar-refractivity contribution in [3.8, 4) is 44.5 Å². The van der Waals surface area contributed by atoms with Gasteiger partial charge in [-0.15, -0.1) is 0 Å². The molecule has 8 rings (SSSR count). The fourth-order valence-corrected chi connectivity index (χ4v) is 43.2. The van der Waals surface area contributed by atoms with Gasteiger partial charge in [-0.25, -0.2) is 0 Å². The van der Waals surface area contributed by atoms with Crippen LogP contribution in [0.4, 0.5) is 0 Å². The summed E-state index contributed by atoms with van der Waals surface area (Å²) in [6.07, 6.45) is 9.16. The van der Waals surface area contributed by atoms with Crippen LogP contribution in [-0.2, 0) is 28.4 Å². The zero-order valence-electron chi connectivity index (χ0n) is 33.7. The van der Waals surface area contributed by atoms with E-state index in [-0.39, 0.29) is 7.25 Å². The van der Waals surface area contributed by atoms with Crippen LogP contribution in [0, 0.1) is 0 Å². The van der Waals surface area contributed by atoms with Crippen LogP contribution >= 0.6 is 17.0 Å². The van der Waals surface area contributed by atoms with Gasteiger partial charge in [0.15, 0.2) is 0 Å². The Labute approximate surface area is 344 Å². The Kier molecular flexibility index (Phi) is 11.0. The van der Waals surface area contributed by atoms with E-state index in [4.69, 9.17) is 17.0 Å². The third-order valence-electron chi connectivity index (χ3n) is 12.8. The number of fused-ring (bicyclic) bond motifs is 2. The van der Waals surface area contributed by atoms with Gasteiger partial charge in [-0.3, -0.25) is 0 Å². The van der Waals surface area contributed by atoms with Gasteiger partial charge in [0.05, 0.1) is 0 Å². The Balaban J connectivity index is 1.34. The molecular weight excluding hydrogens is 815 g/mol. The maximum absolute atomic E-state index is 8.80. The standard InChI is InChI=1S/2C25H23.C2H7Si.2ClH.Zr/c2*1-3-9-20-14-15-21-16-18(2)17-24(21)25(20)23-13-8-7-12-22(23)19-10-5-4-6-11-19;1-3-2;;;/h2*4-8,10-17H,3,9H2,1-2H3;3H,1-2H3;2*1H;/q;;;;;+2/p-2. The minimum atomic E-state index is -4.94. The topological polar surface area (TPSA) is 0 Å². The van der Waals surface area contributed by atoms with Gasteiger partial charge in [0.25, 0.3) is 0 Å². The van der Waals surface area contributed by atoms with Crippen molar-refractivity contribution in [3.63, 3.8) is 0 Å². The SMILES string of the molecule is CCCc1ccc2c(c1-c1ccccc1-c1ccccc1)C=C(C)[CH]2[Zr]([Cl])([Cl])([CH]1C(C)=Cc2c1ccc(CCC)c2-c1ccccc1-c1ccccc1)[SiH](C)C. The second kappa shape index (κ2) is 15.7. The molecule has 2 aliphatic rings. The number of benzene rings is 6. The summed E-state index contributed by atoms with van der Waals surface area (Å²) in [5, 5.41) is 0. The molecule has 4 heteroatoms. The van der Waals surface area contributed by atoms with Crippen molar-refractivity contribution < 1.29 is 15.6 Å². The van der Waals surface area contributed by atoms with Crippen molar-refractivity contribution >= 4 is 35.1 Å². The molecule has 2 aliphatic carbocycles. The summed E-state index contributed by atoms with van der Waals surface area (Å²) in [7, 11) is 17.6. The minimum absolute atomic E-state index is 0.0365. The number of allylic oxidation sites excluding steroid dienone is 2. The number of aryl methyl sites for hydroxylation is 2. The molecule has 0 N–H and O–H groups in total. The average molecular weight is 868 g/mol. The zero-order chi connectivity index (χ0) is 39.2. The molecule has 0 nitrogen and oxygen atoms in total. The van der Waals surface area contributed by atoms with Crippen molar-refractivity contribution in [2.24, 2.45) is 0 Å². The molecule has 0 saturated heterocycles. The number of rotatable bonds is 11. The van der Waals surface area contributed by atoms with E-state index in [1.54, 1.807) is 0 Å². The van der Waals surface area contributed by atoms with Crippen LogP contribution in [0.2, 0.25) is 13.1 Å². The fraction of sp³-hybridized carbons (Fsp3) is 0.231. The first-order valence-electron chi connectivity index (χ1n) is 20.6. The second-order valence-electron chi connectivity index (χ2n) is 16.6. The first-order valence-corrected chi connectivity index (χ1v) is 36.9. The van der Waals surface area contributed by atoms with Crippen molar-refractivity contribution in [1.29, 1.82) is 0 Å². The van der Waals surface area contributed by atoms with Crippen molar-refractivity contribution in [3.05, 3.63) is 178 Å². The molecule has 6 aromatic rings. The second-order valence-corrected chi connectivity index (χ2v) is 59.1. The van der Waals surface area contributed by atoms with E-state index in [2.05, 4.69) is 186 Å². The van der Waals surface area contributed by atoms with E-state index in [1.165, 1.54) is 89.0 Å². The average Bonchev–Trinajstić information content (AvgIpc) is 3.75. The first kappa shape index (κ1) is 39.3. The quantitative estimate of drug-likeness (QED) is 0.114. The van der Waals surface area contributed by atoms with Crippen LogP contribution in [0.5, 0.6) is 0 Å². The molecule has 0 saturated carbocycles. The van der Waals surface area contributed by atoms with Crippen LogP contribution in [-0.4, -0.2) is 5.92 Å². The van der Waals surface area contributed by atoms with E-state index >= 15 is 0 Å². The molecule has 0 heterocycles. The van der Waals surface area contributed by atoms with E-state index in [0.717, 1.165) is 25.7 Å². The molecule has 0 fully saturated rings. The van der Waals surface area contributed by atoms with E-state index in [0.29, 0.717) is 0 Å². The Bertz CT molecular complexity index is 2330. The fourth-order valence-electron chi connectivity index (χ4n) is 10.3. The van der Waals surface area contributed by atoms with E-state index in [1.807, 2.05) is 0 Å². The molecular formula is C52H53Cl2SiZr. The van der Waals surface area contributed by atoms with Crippen LogP contribution in [0.1, 0.15) is 81.2 Å². The zero-order valence-corrected chi connectivity index (χ0v) is 38.8. The third kappa shape index (κ3) is 6.44. The Morgan fingerprint density at radius 3 is 1.20 bits per heavy atom. The molecule has 0 bridgehead atoms. The molecule has 2 unspecified atom stereocenters. The summed E-state index contributed by atoms with van der Waals surface area (Å²) in [4.78, 5) is 0. The summed E-state index contributed by atoms with van der Waals surface area (Å²) in [6.45, 7) is 14.1. The molecule has 283 valence electrons. The third-order valence-corrected chi connectivity index (χ3v) is 65.1. The molecule has 0 aliphatic heterocycles. The first-order chi connectivity index (χ1) is 27.1.